The van der Waals surface area contributed by atoms with Gasteiger partial charge in [-0.3, -0.25) is 47.9 Å². The maximum absolute atomic E-state index is 14.0. The van der Waals surface area contributed by atoms with Gasteiger partial charge in [-0.15, -0.1) is 0 Å². The van der Waals surface area contributed by atoms with Gasteiger partial charge in [0.2, 0.25) is 17.8 Å². The lowest BCUT2D eigenvalue weighted by Gasteiger charge is -2.41. The number of carbonyl (C=O) groups excluding carboxylic acids is 1. The SMILES string of the molecule is CC(C)C(=O)Nc1nc2c(ncn2[C@@H]2O[C@@H]3COP(=O)(O)N[C@H]4[C@@H](C)[C@H](n5cnc6c(=O)[nH]c(N)nc65)O[C@@H]4COP(=O)(O)N[C@H]3[C@H]2O[Si](C)(C)C(C)(C)C)c(=O)[nH]1. The van der Waals surface area contributed by atoms with E-state index in [1.54, 1.807) is 20.8 Å². The maximum atomic E-state index is 14.0. The van der Waals surface area contributed by atoms with Crippen molar-refractivity contribution in [1.29, 1.82) is 0 Å². The van der Waals surface area contributed by atoms with E-state index in [2.05, 4.69) is 45.4 Å². The number of amides is 1. The van der Waals surface area contributed by atoms with Gasteiger partial charge in [-0.2, -0.15) is 9.97 Å². The smallest absolute Gasteiger partial charge is 0.403 e. The van der Waals surface area contributed by atoms with Gasteiger partial charge in [0.25, 0.3) is 11.1 Å². The highest BCUT2D eigenvalue weighted by Crippen LogP contribution is 2.50. The van der Waals surface area contributed by atoms with Gasteiger partial charge < -0.3 is 29.4 Å². The quantitative estimate of drug-likeness (QED) is 0.100. The molecule has 9 N–H and O–H groups in total. The lowest BCUT2D eigenvalue weighted by molar-refractivity contribution is -0.118. The van der Waals surface area contributed by atoms with Crippen LogP contribution in [0.2, 0.25) is 18.1 Å². The average Bonchev–Trinajstić information content (AvgIpc) is 3.87. The van der Waals surface area contributed by atoms with Gasteiger partial charge in [-0.25, -0.2) is 29.3 Å². The van der Waals surface area contributed by atoms with E-state index in [4.69, 9.17) is 28.7 Å². The Morgan fingerprint density at radius 2 is 1.45 bits per heavy atom. The van der Waals surface area contributed by atoms with Crippen LogP contribution < -0.4 is 32.3 Å². The van der Waals surface area contributed by atoms with Crippen LogP contribution in [-0.4, -0.2) is 107 Å². The van der Waals surface area contributed by atoms with Crippen LogP contribution in [0.25, 0.3) is 22.3 Å². The zero-order valence-electron chi connectivity index (χ0n) is 32.9. The summed E-state index contributed by atoms with van der Waals surface area (Å²) in [4.78, 5) is 82.7. The molecule has 7 heterocycles. The highest BCUT2D eigenvalue weighted by molar-refractivity contribution is 7.50. The number of nitrogens with two attached hydrogens (primary N) is 1. The average molecular weight is 871 g/mol. The summed E-state index contributed by atoms with van der Waals surface area (Å²) in [6.45, 7) is 13.7. The summed E-state index contributed by atoms with van der Waals surface area (Å²) in [6, 6.07) is -2.26. The van der Waals surface area contributed by atoms with Crippen molar-refractivity contribution in [2.24, 2.45) is 11.8 Å². The van der Waals surface area contributed by atoms with Crippen LogP contribution in [0.15, 0.2) is 22.2 Å². The Kier molecular flexibility index (Phi) is 11.0. The van der Waals surface area contributed by atoms with E-state index < -0.39 is 109 Å². The number of nitrogens with one attached hydrogen (secondary N) is 5. The fourth-order valence-electron chi connectivity index (χ4n) is 6.83. The van der Waals surface area contributed by atoms with Crippen LogP contribution >= 0.6 is 15.5 Å². The van der Waals surface area contributed by atoms with E-state index >= 15 is 0 Å². The van der Waals surface area contributed by atoms with Gasteiger partial charge in [0.15, 0.2) is 36.9 Å². The molecule has 0 saturated carbocycles. The minimum absolute atomic E-state index is 0.00511. The number of aromatic nitrogens is 8. The molecule has 24 nitrogen and oxygen atoms in total. The van der Waals surface area contributed by atoms with Crippen LogP contribution in [0.1, 0.15) is 54.0 Å². The van der Waals surface area contributed by atoms with E-state index in [0.717, 1.165) is 0 Å². The first-order valence-electron chi connectivity index (χ1n) is 18.4. The van der Waals surface area contributed by atoms with Gasteiger partial charge in [0.05, 0.1) is 38.0 Å². The molecule has 3 saturated heterocycles. The molecule has 3 fully saturated rings. The highest BCUT2D eigenvalue weighted by Gasteiger charge is 2.55. The number of carbonyl (C=O) groups is 1. The normalized spacial score (nSPS) is 32.5. The molecule has 58 heavy (non-hydrogen) atoms. The summed E-state index contributed by atoms with van der Waals surface area (Å²) >= 11 is 0. The molecule has 4 aromatic rings. The molecule has 0 bridgehead atoms. The summed E-state index contributed by atoms with van der Waals surface area (Å²) in [7, 11) is -12.3. The largest absolute Gasteiger partial charge is 0.408 e. The van der Waals surface area contributed by atoms with Crippen molar-refractivity contribution in [1.82, 2.24) is 49.2 Å². The van der Waals surface area contributed by atoms with E-state index in [-0.39, 0.29) is 39.3 Å². The Labute approximate surface area is 331 Å². The molecule has 1 amide bonds. The number of H-pyrrole nitrogens is 2. The van der Waals surface area contributed by atoms with Crippen molar-refractivity contribution < 1.29 is 46.7 Å². The molecule has 318 valence electrons. The summed E-state index contributed by atoms with van der Waals surface area (Å²) in [6.07, 6.45) is -3.10. The standard InChI is InChI=1S/C31H48N12O12P2Si/c1-13(2)24(44)38-30-36-23-20(26(46)39-30)34-12-43(23)28-21(55-58(7,8)31(4,5)6)18-16(54-28)10-52-56(47,48)40-17-14(3)27(53-15(17)9-51-57(49,50)41-18)42-11-33-19-22(42)35-29(32)37-25(19)45/h11-18,21,27-28H,9-10H2,1-8H3,(H2,40,47,48)(H2,41,49,50)(H3,32,35,37,45)(H2,36,38,39,44,46)/t14-,15-,16-,17+,18-,21-,27-,28-/m1/s1. The van der Waals surface area contributed by atoms with Gasteiger partial charge in [-0.1, -0.05) is 41.5 Å². The molecule has 2 unspecified atom stereocenters. The second-order valence-electron chi connectivity index (χ2n) is 16.4. The highest BCUT2D eigenvalue weighted by atomic mass is 31.2. The van der Waals surface area contributed by atoms with Crippen LogP contribution in [-0.2, 0) is 36.9 Å². The predicted octanol–water partition coefficient (Wildman–Crippen LogP) is 1.41. The van der Waals surface area contributed by atoms with Gasteiger partial charge in [-0.05, 0) is 18.1 Å². The Morgan fingerprint density at radius 3 is 2.03 bits per heavy atom. The van der Waals surface area contributed by atoms with Gasteiger partial charge in [0, 0.05) is 11.8 Å². The number of nitrogen functional groups attached to an aromatic ring is 1. The summed E-state index contributed by atoms with van der Waals surface area (Å²) in [5.41, 5.74) is 4.51. The summed E-state index contributed by atoms with van der Waals surface area (Å²) < 4.78 is 61.6. The molecule has 0 aliphatic carbocycles. The third-order valence-corrected chi connectivity index (χ3v) is 17.7. The van der Waals surface area contributed by atoms with E-state index in [9.17, 15) is 33.3 Å². The van der Waals surface area contributed by atoms with Crippen LogP contribution in [0, 0.1) is 11.8 Å². The van der Waals surface area contributed by atoms with Crippen molar-refractivity contribution >= 4 is 63.9 Å². The number of imidazole rings is 2. The Bertz CT molecular complexity index is 2450. The molecular weight excluding hydrogens is 822 g/mol. The molecule has 7 rings (SSSR count). The van der Waals surface area contributed by atoms with Crippen molar-refractivity contribution in [3.05, 3.63) is 33.4 Å². The number of rotatable bonds is 6. The molecule has 4 aromatic heterocycles. The molecule has 10 atom stereocenters. The first kappa shape index (κ1) is 42.4. The summed E-state index contributed by atoms with van der Waals surface area (Å²) in [5, 5.41) is 7.48. The third-order valence-electron chi connectivity index (χ3n) is 11.0. The Hall–Kier alpha value is -3.71. The molecule has 0 radical (unpaired) electrons. The van der Waals surface area contributed by atoms with Gasteiger partial charge in [0.1, 0.15) is 24.5 Å². The second kappa shape index (κ2) is 15.1. The van der Waals surface area contributed by atoms with Crippen LogP contribution in [0.5, 0.6) is 0 Å². The maximum Gasteiger partial charge on any atom is 0.403 e. The minimum atomic E-state index is -4.80. The molecule has 0 aromatic carbocycles. The number of aromatic amines is 2. The van der Waals surface area contributed by atoms with E-state index in [0.29, 0.717) is 0 Å². The number of fused-ring (bicyclic) bond motifs is 4. The topological polar surface area (TPSA) is 327 Å². The zero-order chi connectivity index (χ0) is 42.3. The fourth-order valence-corrected chi connectivity index (χ4v) is 10.4. The van der Waals surface area contributed by atoms with E-state index in [1.807, 2.05) is 33.9 Å². The number of hydrogen-bond donors (Lipinski definition) is 8. The number of nitrogens with zero attached hydrogens (tertiary/aromatic N) is 6. The number of ether oxygens (including phenoxy) is 2. The monoisotopic (exact) mass is 870 g/mol. The summed E-state index contributed by atoms with van der Waals surface area (Å²) in [5.74, 6) is -1.83. The Morgan fingerprint density at radius 1 is 0.931 bits per heavy atom. The fraction of sp³-hybridized carbons (Fsp3) is 0.645. The Balaban J connectivity index is 1.24. The van der Waals surface area contributed by atoms with Crippen molar-refractivity contribution in [2.75, 3.05) is 24.3 Å². The lowest BCUT2D eigenvalue weighted by atomic mass is 10.00. The molecule has 27 heteroatoms. The third kappa shape index (κ3) is 8.10. The number of hydrogen-bond acceptors (Lipinski definition) is 15. The first-order valence-corrected chi connectivity index (χ1v) is 24.5. The lowest BCUT2D eigenvalue weighted by Crippen LogP contribution is -2.53. The van der Waals surface area contributed by atoms with E-state index in [1.165, 1.54) is 21.8 Å². The molecule has 3 aliphatic heterocycles. The molecular formula is C31H48N12O12P2Si. The molecule has 3 aliphatic rings. The van der Waals surface area contributed by atoms with Crippen LogP contribution in [0.3, 0.4) is 0 Å². The predicted molar refractivity (Wildman–Crippen MR) is 209 cm³/mol. The zero-order valence-corrected chi connectivity index (χ0v) is 35.7. The van der Waals surface area contributed by atoms with Crippen LogP contribution in [0.4, 0.5) is 11.9 Å². The minimum Gasteiger partial charge on any atom is -0.408 e. The van der Waals surface area contributed by atoms with Gasteiger partial charge >= 0.3 is 15.5 Å². The van der Waals surface area contributed by atoms with Crippen molar-refractivity contribution in [3.8, 4) is 0 Å². The number of anilines is 2. The first-order chi connectivity index (χ1) is 26.9. The van der Waals surface area contributed by atoms with Crippen molar-refractivity contribution in [2.45, 2.75) is 103 Å². The van der Waals surface area contributed by atoms with Crippen molar-refractivity contribution in [3.63, 3.8) is 0 Å². The molecule has 0 spiro atoms. The second-order valence-corrected chi connectivity index (χ2v) is 24.3.